The average Bonchev–Trinajstić information content (AvgIpc) is 3.23. The summed E-state index contributed by atoms with van der Waals surface area (Å²) in [4.78, 5) is 56.2. The van der Waals surface area contributed by atoms with E-state index in [0.29, 0.717) is 35.6 Å². The van der Waals surface area contributed by atoms with Crippen LogP contribution in [-0.2, 0) is 19.2 Å². The molecule has 2 heterocycles. The Hall–Kier alpha value is -3.68. The molecule has 4 atom stereocenters. The number of nitrogens with zero attached hydrogens (tertiary/aromatic N) is 2. The molecule has 0 radical (unpaired) electrons. The van der Waals surface area contributed by atoms with Crippen molar-refractivity contribution in [2.75, 3.05) is 21.3 Å². The minimum absolute atomic E-state index is 0.274. The molecule has 4 N–H and O–H groups in total. The Balaban J connectivity index is 1.39. The van der Waals surface area contributed by atoms with Gasteiger partial charge in [-0.2, -0.15) is 0 Å². The predicted octanol–water partition coefficient (Wildman–Crippen LogP) is 1.80. The quantitative estimate of drug-likeness (QED) is 0.553. The fourth-order valence-electron chi connectivity index (χ4n) is 6.53. The van der Waals surface area contributed by atoms with Crippen molar-refractivity contribution >= 4 is 46.4 Å². The number of carbonyl (C=O) groups is 4. The molecule has 7 rings (SSSR count). The number of amides is 4. The summed E-state index contributed by atoms with van der Waals surface area (Å²) in [7, 11) is 0. The largest absolute Gasteiger partial charge is 0.399 e. The molecule has 162 valence electrons. The molecule has 2 bridgehead atoms. The minimum Gasteiger partial charge on any atom is -0.399 e. The van der Waals surface area contributed by atoms with E-state index < -0.39 is 23.7 Å². The van der Waals surface area contributed by atoms with Gasteiger partial charge in [-0.05, 0) is 73.2 Å². The van der Waals surface area contributed by atoms with Crippen LogP contribution in [0, 0.1) is 35.5 Å². The normalized spacial score (nSPS) is 33.1. The molecule has 0 aromatic heterocycles. The van der Waals surface area contributed by atoms with Crippen LogP contribution in [0.2, 0.25) is 0 Å². The van der Waals surface area contributed by atoms with E-state index in [4.69, 9.17) is 11.5 Å². The number of benzene rings is 2. The molecule has 4 amide bonds. The van der Waals surface area contributed by atoms with Gasteiger partial charge < -0.3 is 11.5 Å². The topological polar surface area (TPSA) is 127 Å². The van der Waals surface area contributed by atoms with Gasteiger partial charge >= 0.3 is 0 Å². The summed E-state index contributed by atoms with van der Waals surface area (Å²) in [6, 6.07) is 13.2. The van der Waals surface area contributed by atoms with Gasteiger partial charge in [-0.3, -0.25) is 29.0 Å². The van der Waals surface area contributed by atoms with Crippen LogP contribution in [0.3, 0.4) is 0 Å². The molecule has 3 aliphatic carbocycles. The van der Waals surface area contributed by atoms with E-state index in [2.05, 4.69) is 0 Å². The second-order valence-corrected chi connectivity index (χ2v) is 9.22. The van der Waals surface area contributed by atoms with E-state index in [1.807, 2.05) is 0 Å². The maximum Gasteiger partial charge on any atom is 0.237 e. The Morgan fingerprint density at radius 2 is 0.812 bits per heavy atom. The van der Waals surface area contributed by atoms with Gasteiger partial charge in [0.05, 0.1) is 35.0 Å². The van der Waals surface area contributed by atoms with Gasteiger partial charge in [0.1, 0.15) is 0 Å². The van der Waals surface area contributed by atoms with Gasteiger partial charge in [0, 0.05) is 11.4 Å². The number of hydrogen-bond donors (Lipinski definition) is 2. The van der Waals surface area contributed by atoms with Crippen molar-refractivity contribution in [3.8, 4) is 0 Å². The van der Waals surface area contributed by atoms with E-state index in [9.17, 15) is 19.2 Å². The molecule has 5 fully saturated rings. The zero-order valence-corrected chi connectivity index (χ0v) is 17.2. The fourth-order valence-corrected chi connectivity index (χ4v) is 6.53. The second kappa shape index (κ2) is 6.41. The molecule has 8 heteroatoms. The molecule has 0 spiro atoms. The summed E-state index contributed by atoms with van der Waals surface area (Å²) >= 11 is 0. The summed E-state index contributed by atoms with van der Waals surface area (Å²) < 4.78 is 0. The number of nitrogens with two attached hydrogens (primary N) is 2. The van der Waals surface area contributed by atoms with Gasteiger partial charge in [0.25, 0.3) is 0 Å². The van der Waals surface area contributed by atoms with Gasteiger partial charge in [-0.15, -0.1) is 0 Å². The van der Waals surface area contributed by atoms with E-state index in [0.717, 1.165) is 0 Å². The van der Waals surface area contributed by atoms with Crippen molar-refractivity contribution in [2.24, 2.45) is 35.5 Å². The van der Waals surface area contributed by atoms with Crippen molar-refractivity contribution in [3.63, 3.8) is 0 Å². The Morgan fingerprint density at radius 1 is 0.531 bits per heavy atom. The molecule has 32 heavy (non-hydrogen) atoms. The molecular weight excluding hydrogens is 408 g/mol. The predicted molar refractivity (Wildman–Crippen MR) is 117 cm³/mol. The first-order chi connectivity index (χ1) is 15.4. The highest BCUT2D eigenvalue weighted by Crippen LogP contribution is 2.61. The lowest BCUT2D eigenvalue weighted by Crippen LogP contribution is -2.53. The van der Waals surface area contributed by atoms with Crippen LogP contribution in [0.4, 0.5) is 22.7 Å². The van der Waals surface area contributed by atoms with Crippen LogP contribution in [-0.4, -0.2) is 23.6 Å². The van der Waals surface area contributed by atoms with E-state index >= 15 is 0 Å². The molecule has 2 aromatic carbocycles. The second-order valence-electron chi connectivity index (χ2n) is 9.22. The van der Waals surface area contributed by atoms with Crippen molar-refractivity contribution in [3.05, 3.63) is 48.5 Å². The zero-order valence-electron chi connectivity index (χ0n) is 17.2. The van der Waals surface area contributed by atoms with Gasteiger partial charge in [0.2, 0.25) is 23.6 Å². The van der Waals surface area contributed by atoms with Gasteiger partial charge in [-0.25, -0.2) is 0 Å². The Morgan fingerprint density at radius 3 is 1.09 bits per heavy atom. The SMILES string of the molecule is Nc1ccc(N2C(=O)C3C4CCC(C3C2=O)C2C(=O)N(c3ccc(N)cc3)C(=O)C42)cc1. The third kappa shape index (κ3) is 2.32. The van der Waals surface area contributed by atoms with Crippen molar-refractivity contribution in [1.82, 2.24) is 0 Å². The molecular formula is C24H22N4O4. The van der Waals surface area contributed by atoms with Crippen LogP contribution >= 0.6 is 0 Å². The summed E-state index contributed by atoms with van der Waals surface area (Å²) in [6.45, 7) is 0. The van der Waals surface area contributed by atoms with Crippen molar-refractivity contribution < 1.29 is 19.2 Å². The van der Waals surface area contributed by atoms with Crippen molar-refractivity contribution in [1.29, 1.82) is 0 Å². The third-order valence-corrected chi connectivity index (χ3v) is 7.78. The van der Waals surface area contributed by atoms with Gasteiger partial charge in [0.15, 0.2) is 0 Å². The van der Waals surface area contributed by atoms with Crippen LogP contribution in [0.1, 0.15) is 12.8 Å². The maximum absolute atomic E-state index is 13.4. The van der Waals surface area contributed by atoms with Crippen LogP contribution < -0.4 is 21.3 Å². The molecule has 2 saturated heterocycles. The summed E-state index contributed by atoms with van der Waals surface area (Å²) in [5.74, 6) is -4.00. The highest BCUT2D eigenvalue weighted by molar-refractivity contribution is 6.26. The number of imide groups is 2. The Labute approximate surface area is 184 Å². The average molecular weight is 430 g/mol. The van der Waals surface area contributed by atoms with Crippen LogP contribution in [0.25, 0.3) is 0 Å². The van der Waals surface area contributed by atoms with E-state index in [-0.39, 0.29) is 35.5 Å². The molecule has 5 aliphatic rings. The van der Waals surface area contributed by atoms with Gasteiger partial charge in [-0.1, -0.05) is 0 Å². The lowest BCUT2D eigenvalue weighted by Gasteiger charge is -2.48. The first-order valence-corrected chi connectivity index (χ1v) is 10.8. The van der Waals surface area contributed by atoms with Crippen LogP contribution in [0.15, 0.2) is 48.5 Å². The molecule has 2 aliphatic heterocycles. The van der Waals surface area contributed by atoms with Crippen LogP contribution in [0.5, 0.6) is 0 Å². The molecule has 3 saturated carbocycles. The number of fused-ring (bicyclic) bond motifs is 1. The maximum atomic E-state index is 13.4. The number of carbonyl (C=O) groups excluding carboxylic acids is 4. The summed E-state index contributed by atoms with van der Waals surface area (Å²) in [6.07, 6.45) is 1.33. The monoisotopic (exact) mass is 430 g/mol. The summed E-state index contributed by atoms with van der Waals surface area (Å²) in [5, 5.41) is 0. The molecule has 8 nitrogen and oxygen atoms in total. The first kappa shape index (κ1) is 19.0. The number of rotatable bonds is 2. The van der Waals surface area contributed by atoms with E-state index in [1.165, 1.54) is 9.80 Å². The highest BCUT2D eigenvalue weighted by Gasteiger charge is 2.70. The Kier molecular flexibility index (Phi) is 3.82. The third-order valence-electron chi connectivity index (χ3n) is 7.78. The van der Waals surface area contributed by atoms with E-state index in [1.54, 1.807) is 48.5 Å². The molecule has 4 unspecified atom stereocenters. The Bertz CT molecular complexity index is 1040. The first-order valence-electron chi connectivity index (χ1n) is 10.8. The number of nitrogen functional groups attached to an aromatic ring is 2. The van der Waals surface area contributed by atoms with Crippen molar-refractivity contribution in [2.45, 2.75) is 12.8 Å². The smallest absolute Gasteiger partial charge is 0.237 e. The zero-order chi connectivity index (χ0) is 22.3. The number of hydrogen-bond acceptors (Lipinski definition) is 6. The highest BCUT2D eigenvalue weighted by atomic mass is 16.2. The fraction of sp³-hybridized carbons (Fsp3) is 0.333. The summed E-state index contributed by atoms with van der Waals surface area (Å²) in [5.41, 5.74) is 13.5. The lowest BCUT2D eigenvalue weighted by atomic mass is 9.51. The molecule has 2 aromatic rings. The standard InChI is InChI=1S/C24H22N4O4/c25-11-1-5-13(6-2-11)27-21(29)17-15-9-10-16(18(17)22(27)30)20-19(15)23(31)28(24(20)32)14-7-3-12(26)4-8-14/h1-8,15-20H,9-10,25-26H2. The number of anilines is 4. The lowest BCUT2D eigenvalue weighted by molar-refractivity contribution is -0.148. The minimum atomic E-state index is -0.567.